The smallest absolute Gasteiger partial charge is 0.255 e. The Morgan fingerprint density at radius 1 is 0.850 bits per heavy atom. The fourth-order valence-electron chi connectivity index (χ4n) is 3.90. The Bertz CT molecular complexity index is 1600. The lowest BCUT2D eigenvalue weighted by Gasteiger charge is -2.17. The third kappa shape index (κ3) is 6.53. The number of benzene rings is 3. The van der Waals surface area contributed by atoms with Gasteiger partial charge in [0.1, 0.15) is 5.25 Å². The summed E-state index contributed by atoms with van der Waals surface area (Å²) in [4.78, 5) is 32.9. The van der Waals surface area contributed by atoms with E-state index in [4.69, 9.17) is 9.47 Å². The maximum Gasteiger partial charge on any atom is 0.255 e. The summed E-state index contributed by atoms with van der Waals surface area (Å²) in [6.45, 7) is 0. The molecule has 2 N–H and O–H groups in total. The average Bonchev–Trinajstić information content (AvgIpc) is 3.69. The topological polar surface area (TPSA) is 89.5 Å². The van der Waals surface area contributed by atoms with E-state index in [0.29, 0.717) is 27.9 Å². The molecule has 0 aliphatic heterocycles. The van der Waals surface area contributed by atoms with Gasteiger partial charge in [-0.15, -0.1) is 34.4 Å². The maximum atomic E-state index is 13.5. The molecule has 40 heavy (non-hydrogen) atoms. The molecule has 0 aliphatic carbocycles. The molecule has 0 radical (unpaired) electrons. The summed E-state index contributed by atoms with van der Waals surface area (Å²) in [7, 11) is 3.07. The summed E-state index contributed by atoms with van der Waals surface area (Å²) in [6.07, 6.45) is 0. The highest BCUT2D eigenvalue weighted by Gasteiger charge is 2.23. The van der Waals surface area contributed by atoms with Gasteiger partial charge in [-0.2, -0.15) is 0 Å². The molecule has 1 unspecified atom stereocenters. The lowest BCUT2D eigenvalue weighted by Crippen LogP contribution is -2.19. The van der Waals surface area contributed by atoms with Gasteiger partial charge in [-0.1, -0.05) is 42.5 Å². The highest BCUT2D eigenvalue weighted by atomic mass is 32.2. The molecule has 2 heterocycles. The van der Waals surface area contributed by atoms with Crippen LogP contribution in [0.15, 0.2) is 101 Å². The number of amides is 2. The highest BCUT2D eigenvalue weighted by Crippen LogP contribution is 2.38. The van der Waals surface area contributed by atoms with Gasteiger partial charge < -0.3 is 20.1 Å². The summed E-state index contributed by atoms with van der Waals surface area (Å²) in [5.41, 5.74) is 2.75. The summed E-state index contributed by atoms with van der Waals surface area (Å²) in [6, 6.07) is 26.0. The molecular formula is C30H25N3O4S3. The van der Waals surface area contributed by atoms with Crippen molar-refractivity contribution in [2.45, 2.75) is 10.1 Å². The predicted octanol–water partition coefficient (Wildman–Crippen LogP) is 7.61. The highest BCUT2D eigenvalue weighted by molar-refractivity contribution is 8.00. The molecule has 0 bridgehead atoms. The van der Waals surface area contributed by atoms with Crippen molar-refractivity contribution in [3.8, 4) is 22.1 Å². The largest absolute Gasteiger partial charge is 0.493 e. The van der Waals surface area contributed by atoms with E-state index >= 15 is 0 Å². The van der Waals surface area contributed by atoms with E-state index in [0.717, 1.165) is 21.0 Å². The summed E-state index contributed by atoms with van der Waals surface area (Å²) >= 11 is 4.40. The number of hydrogen-bond donors (Lipinski definition) is 2. The Kier molecular flexibility index (Phi) is 8.80. The van der Waals surface area contributed by atoms with Gasteiger partial charge in [-0.05, 0) is 53.4 Å². The minimum absolute atomic E-state index is 0.178. The average molecular weight is 588 g/mol. The SMILES string of the molecule is COc1ccc(C(=O)Nc2cccc(SC(C(=O)Nc3nc(-c4cccs4)cs3)c3ccccc3)c2)cc1OC. The second kappa shape index (κ2) is 12.8. The van der Waals surface area contributed by atoms with Gasteiger partial charge in [0.15, 0.2) is 16.6 Å². The minimum atomic E-state index is -0.535. The standard InChI is InChI=1S/C30H25N3O4S3/c1-36-24-14-13-20(16-25(24)37-2)28(34)31-21-10-6-11-22(17-21)40-27(19-8-4-3-5-9-19)29(35)33-30-32-23(18-39-30)26-12-7-15-38-26/h3-18,27H,1-2H3,(H,31,34)(H,32,33,35). The normalized spacial score (nSPS) is 11.4. The summed E-state index contributed by atoms with van der Waals surface area (Å²) < 4.78 is 10.6. The third-order valence-electron chi connectivity index (χ3n) is 5.84. The number of thiazole rings is 1. The zero-order chi connectivity index (χ0) is 27.9. The van der Waals surface area contributed by atoms with Crippen LogP contribution in [0.5, 0.6) is 11.5 Å². The van der Waals surface area contributed by atoms with Gasteiger partial charge >= 0.3 is 0 Å². The molecule has 10 heteroatoms. The van der Waals surface area contributed by atoms with E-state index in [-0.39, 0.29) is 11.8 Å². The number of thiophene rings is 1. The predicted molar refractivity (Wildman–Crippen MR) is 163 cm³/mol. The molecule has 5 aromatic rings. The van der Waals surface area contributed by atoms with Gasteiger partial charge in [-0.3, -0.25) is 9.59 Å². The lowest BCUT2D eigenvalue weighted by molar-refractivity contribution is -0.115. The second-order valence-electron chi connectivity index (χ2n) is 8.46. The number of aromatic nitrogens is 1. The van der Waals surface area contributed by atoms with E-state index in [1.807, 2.05) is 77.5 Å². The maximum absolute atomic E-state index is 13.5. The molecule has 7 nitrogen and oxygen atoms in total. The first-order chi connectivity index (χ1) is 19.5. The van der Waals surface area contributed by atoms with Crippen molar-refractivity contribution in [2.75, 3.05) is 24.9 Å². The van der Waals surface area contributed by atoms with Crippen LogP contribution >= 0.6 is 34.4 Å². The monoisotopic (exact) mass is 587 g/mol. The molecular weight excluding hydrogens is 563 g/mol. The zero-order valence-electron chi connectivity index (χ0n) is 21.6. The Balaban J connectivity index is 1.33. The molecule has 5 rings (SSSR count). The van der Waals surface area contributed by atoms with Crippen molar-refractivity contribution in [3.63, 3.8) is 0 Å². The minimum Gasteiger partial charge on any atom is -0.493 e. The number of nitrogens with zero attached hydrogens (tertiary/aromatic N) is 1. The Morgan fingerprint density at radius 3 is 2.42 bits per heavy atom. The molecule has 0 saturated carbocycles. The van der Waals surface area contributed by atoms with Crippen LogP contribution in [0.1, 0.15) is 21.2 Å². The van der Waals surface area contributed by atoms with Crippen LogP contribution in [-0.2, 0) is 4.79 Å². The number of carbonyl (C=O) groups is 2. The van der Waals surface area contributed by atoms with Crippen molar-refractivity contribution >= 4 is 57.1 Å². The fraction of sp³-hybridized carbons (Fsp3) is 0.100. The first kappa shape index (κ1) is 27.4. The number of ether oxygens (including phenoxy) is 2. The molecule has 1 atom stereocenters. The van der Waals surface area contributed by atoms with Crippen molar-refractivity contribution in [3.05, 3.63) is 107 Å². The number of methoxy groups -OCH3 is 2. The first-order valence-electron chi connectivity index (χ1n) is 12.2. The van der Waals surface area contributed by atoms with E-state index in [2.05, 4.69) is 15.6 Å². The number of thioether (sulfide) groups is 1. The third-order valence-corrected chi connectivity index (χ3v) is 8.74. The number of rotatable bonds is 10. The van der Waals surface area contributed by atoms with Gasteiger partial charge in [0.2, 0.25) is 5.91 Å². The van der Waals surface area contributed by atoms with Crippen molar-refractivity contribution in [1.29, 1.82) is 0 Å². The van der Waals surface area contributed by atoms with Gasteiger partial charge in [0.25, 0.3) is 5.91 Å². The molecule has 3 aromatic carbocycles. The molecule has 2 aromatic heterocycles. The van der Waals surface area contributed by atoms with Crippen LogP contribution < -0.4 is 20.1 Å². The van der Waals surface area contributed by atoms with Gasteiger partial charge in [-0.25, -0.2) is 4.98 Å². The van der Waals surface area contributed by atoms with Gasteiger partial charge in [0, 0.05) is 21.5 Å². The Labute approximate surface area is 244 Å². The summed E-state index contributed by atoms with van der Waals surface area (Å²) in [5.74, 6) is 0.552. The van der Waals surface area contributed by atoms with Crippen LogP contribution in [0.4, 0.5) is 10.8 Å². The first-order valence-corrected chi connectivity index (χ1v) is 14.8. The van der Waals surface area contributed by atoms with E-state index < -0.39 is 5.25 Å². The van der Waals surface area contributed by atoms with E-state index in [9.17, 15) is 9.59 Å². The Morgan fingerprint density at radius 2 is 1.68 bits per heavy atom. The zero-order valence-corrected chi connectivity index (χ0v) is 24.1. The molecule has 0 spiro atoms. The molecule has 0 aliphatic rings. The molecule has 0 fully saturated rings. The van der Waals surface area contributed by atoms with Crippen LogP contribution in [0.25, 0.3) is 10.6 Å². The number of hydrogen-bond acceptors (Lipinski definition) is 8. The number of nitrogens with one attached hydrogen (secondary N) is 2. The Hall–Kier alpha value is -4.12. The van der Waals surface area contributed by atoms with Crippen molar-refractivity contribution < 1.29 is 19.1 Å². The van der Waals surface area contributed by atoms with Crippen LogP contribution in [0.3, 0.4) is 0 Å². The molecule has 0 saturated heterocycles. The van der Waals surface area contributed by atoms with Crippen LogP contribution in [0, 0.1) is 0 Å². The number of anilines is 2. The number of carbonyl (C=O) groups excluding carboxylic acids is 2. The fourth-order valence-corrected chi connectivity index (χ4v) is 6.46. The second-order valence-corrected chi connectivity index (χ2v) is 11.4. The summed E-state index contributed by atoms with van der Waals surface area (Å²) in [5, 5.41) is 9.87. The van der Waals surface area contributed by atoms with E-state index in [1.165, 1.54) is 30.2 Å². The molecule has 202 valence electrons. The van der Waals surface area contributed by atoms with E-state index in [1.54, 1.807) is 36.6 Å². The van der Waals surface area contributed by atoms with Crippen molar-refractivity contribution in [2.24, 2.45) is 0 Å². The van der Waals surface area contributed by atoms with Crippen LogP contribution in [0.2, 0.25) is 0 Å². The van der Waals surface area contributed by atoms with Crippen molar-refractivity contribution in [1.82, 2.24) is 4.98 Å². The quantitative estimate of drug-likeness (QED) is 0.164. The lowest BCUT2D eigenvalue weighted by atomic mass is 10.1. The molecule has 2 amide bonds. The van der Waals surface area contributed by atoms with Crippen LogP contribution in [-0.4, -0.2) is 31.0 Å². The van der Waals surface area contributed by atoms with Gasteiger partial charge in [0.05, 0.1) is 24.8 Å².